The van der Waals surface area contributed by atoms with E-state index in [1.165, 1.54) is 180 Å². The Balaban J connectivity index is 5.26. The van der Waals surface area contributed by atoms with Crippen LogP contribution in [0.5, 0.6) is 0 Å². The van der Waals surface area contributed by atoms with Crippen LogP contribution in [0.15, 0.2) is 0 Å². The van der Waals surface area contributed by atoms with Crippen molar-refractivity contribution >= 4 is 39.5 Å². The lowest BCUT2D eigenvalue weighted by molar-refractivity contribution is -0.161. The van der Waals surface area contributed by atoms with Crippen molar-refractivity contribution in [2.45, 2.75) is 388 Å². The van der Waals surface area contributed by atoms with Gasteiger partial charge in [-0.1, -0.05) is 318 Å². The SMILES string of the molecule is CCCCCCCCCCCCCCCC(=O)OC[C@H](COP(=O)(O)OC[C@@H](O)COP(=O)(O)OC[C@@H](COC(=O)CCCCCCCCCCC(C)C)OC(=O)CCCCCCCCCCCC(C)C)OC(=O)CCCCCCCCCCCCCCCC(C)C. The van der Waals surface area contributed by atoms with E-state index in [1.807, 2.05) is 0 Å². The zero-order valence-corrected chi connectivity index (χ0v) is 61.8. The first-order valence-corrected chi connectivity index (χ1v) is 40.8. The van der Waals surface area contributed by atoms with Crippen LogP contribution in [0, 0.1) is 17.8 Å². The van der Waals surface area contributed by atoms with Gasteiger partial charge in [-0.15, -0.1) is 0 Å². The predicted molar refractivity (Wildman–Crippen MR) is 372 cm³/mol. The molecule has 0 radical (unpaired) electrons. The molecule has 3 N–H and O–H groups in total. The Hall–Kier alpha value is -1.94. The van der Waals surface area contributed by atoms with Crippen LogP contribution in [0.4, 0.5) is 0 Å². The number of rotatable bonds is 71. The normalized spacial score (nSPS) is 14.1. The molecule has 0 aromatic rings. The van der Waals surface area contributed by atoms with Gasteiger partial charge >= 0.3 is 39.5 Å². The summed E-state index contributed by atoms with van der Waals surface area (Å²) < 4.78 is 68.4. The van der Waals surface area contributed by atoms with Crippen LogP contribution in [0.2, 0.25) is 0 Å². The van der Waals surface area contributed by atoms with Crippen molar-refractivity contribution in [3.8, 4) is 0 Å². The van der Waals surface area contributed by atoms with E-state index in [0.717, 1.165) is 108 Å². The second-order valence-corrected chi connectivity index (χ2v) is 30.7. The minimum atomic E-state index is -4.95. The van der Waals surface area contributed by atoms with E-state index >= 15 is 0 Å². The fraction of sp³-hybridized carbons (Fsp3) is 0.945. The molecule has 17 nitrogen and oxygen atoms in total. The molecule has 0 fully saturated rings. The molecule has 0 bridgehead atoms. The van der Waals surface area contributed by atoms with Gasteiger partial charge in [0.25, 0.3) is 0 Å². The van der Waals surface area contributed by atoms with Crippen molar-refractivity contribution in [1.82, 2.24) is 0 Å². The summed E-state index contributed by atoms with van der Waals surface area (Å²) in [5, 5.41) is 10.6. The maximum atomic E-state index is 13.1. The van der Waals surface area contributed by atoms with Gasteiger partial charge < -0.3 is 33.8 Å². The van der Waals surface area contributed by atoms with Gasteiger partial charge in [0.2, 0.25) is 0 Å². The standard InChI is InChI=1S/C73H142O17P2/c1-8-9-10-11-12-13-14-16-20-25-33-40-47-54-70(75)83-60-68(89-72(77)56-49-42-35-26-21-18-15-17-19-23-30-37-44-51-64(2)3)62-87-91(79,80)85-58-67(74)59-86-92(81,82)88-63-69(61-84-71(76)55-48-41-34-29-28-32-39-46-53-66(6)7)90-73(78)57-50-43-36-27-22-24-31-38-45-52-65(4)5/h64-69,74H,8-63H2,1-7H3,(H,79,80)(H,81,82)/t67-,68-,69-/m1/s1. The average Bonchev–Trinajstić information content (AvgIpc) is 1.82. The Morgan fingerprint density at radius 3 is 0.739 bits per heavy atom. The van der Waals surface area contributed by atoms with Gasteiger partial charge in [-0.05, 0) is 43.4 Å². The highest BCUT2D eigenvalue weighted by atomic mass is 31.2. The van der Waals surface area contributed by atoms with E-state index in [2.05, 4.69) is 48.5 Å². The highest BCUT2D eigenvalue weighted by Crippen LogP contribution is 2.45. The monoisotopic (exact) mass is 1350 g/mol. The van der Waals surface area contributed by atoms with Crippen LogP contribution in [-0.4, -0.2) is 96.7 Å². The second-order valence-electron chi connectivity index (χ2n) is 27.8. The summed E-state index contributed by atoms with van der Waals surface area (Å²) in [7, 11) is -9.91. The van der Waals surface area contributed by atoms with E-state index in [9.17, 15) is 43.2 Å². The molecular formula is C73H142O17P2. The number of esters is 4. The summed E-state index contributed by atoms with van der Waals surface area (Å²) in [6.07, 6.45) is 48.5. The van der Waals surface area contributed by atoms with E-state index in [1.54, 1.807) is 0 Å². The molecule has 546 valence electrons. The topological polar surface area (TPSA) is 237 Å². The molecule has 92 heavy (non-hydrogen) atoms. The van der Waals surface area contributed by atoms with Crippen molar-refractivity contribution in [2.24, 2.45) is 17.8 Å². The average molecular weight is 1350 g/mol. The van der Waals surface area contributed by atoms with Crippen LogP contribution in [-0.2, 0) is 65.4 Å². The molecule has 0 spiro atoms. The zero-order chi connectivity index (χ0) is 68.0. The summed E-state index contributed by atoms with van der Waals surface area (Å²) in [4.78, 5) is 72.7. The highest BCUT2D eigenvalue weighted by molar-refractivity contribution is 7.47. The lowest BCUT2D eigenvalue weighted by atomic mass is 10.0. The van der Waals surface area contributed by atoms with Crippen molar-refractivity contribution in [1.29, 1.82) is 0 Å². The molecular weight excluding hydrogens is 1210 g/mol. The van der Waals surface area contributed by atoms with E-state index in [0.29, 0.717) is 25.7 Å². The Morgan fingerprint density at radius 1 is 0.293 bits per heavy atom. The van der Waals surface area contributed by atoms with Gasteiger partial charge in [-0.3, -0.25) is 37.3 Å². The Labute approximate surface area is 562 Å². The predicted octanol–water partition coefficient (Wildman–Crippen LogP) is 21.0. The number of phosphoric acid groups is 2. The minimum absolute atomic E-state index is 0.105. The fourth-order valence-corrected chi connectivity index (χ4v) is 12.7. The summed E-state index contributed by atoms with van der Waals surface area (Å²) in [6, 6.07) is 0. The number of unbranched alkanes of at least 4 members (excludes halogenated alkanes) is 39. The second kappa shape index (κ2) is 63.8. The van der Waals surface area contributed by atoms with E-state index in [4.69, 9.17) is 37.0 Å². The summed E-state index contributed by atoms with van der Waals surface area (Å²) in [5.41, 5.74) is 0. The number of carbonyl (C=O) groups is 4. The van der Waals surface area contributed by atoms with Crippen molar-refractivity contribution in [3.05, 3.63) is 0 Å². The molecule has 0 rings (SSSR count). The van der Waals surface area contributed by atoms with Crippen molar-refractivity contribution in [3.63, 3.8) is 0 Å². The van der Waals surface area contributed by atoms with E-state index < -0.39 is 97.5 Å². The Morgan fingerprint density at radius 2 is 0.500 bits per heavy atom. The number of hydrogen-bond donors (Lipinski definition) is 3. The number of aliphatic hydroxyl groups excluding tert-OH is 1. The van der Waals surface area contributed by atoms with Crippen LogP contribution >= 0.6 is 15.6 Å². The van der Waals surface area contributed by atoms with Crippen LogP contribution in [0.3, 0.4) is 0 Å². The molecule has 0 aliphatic rings. The van der Waals surface area contributed by atoms with E-state index in [-0.39, 0.29) is 25.7 Å². The maximum absolute atomic E-state index is 13.1. The van der Waals surface area contributed by atoms with Gasteiger partial charge in [0.1, 0.15) is 19.3 Å². The van der Waals surface area contributed by atoms with Gasteiger partial charge in [-0.2, -0.15) is 0 Å². The first-order valence-electron chi connectivity index (χ1n) is 37.8. The number of ether oxygens (including phenoxy) is 4. The molecule has 0 aromatic heterocycles. The first-order chi connectivity index (χ1) is 44.2. The molecule has 19 heteroatoms. The Bertz CT molecular complexity index is 1800. The zero-order valence-electron chi connectivity index (χ0n) is 60.0. The van der Waals surface area contributed by atoms with Crippen molar-refractivity contribution in [2.75, 3.05) is 39.6 Å². The first kappa shape index (κ1) is 90.1. The summed E-state index contributed by atoms with van der Waals surface area (Å²) >= 11 is 0. The third-order valence-electron chi connectivity index (χ3n) is 16.9. The molecule has 0 amide bonds. The number of aliphatic hydroxyl groups is 1. The third kappa shape index (κ3) is 66.7. The summed E-state index contributed by atoms with van der Waals surface area (Å²) in [5.74, 6) is 0.128. The third-order valence-corrected chi connectivity index (χ3v) is 18.8. The van der Waals surface area contributed by atoms with Crippen LogP contribution in [0.25, 0.3) is 0 Å². The number of phosphoric ester groups is 2. The minimum Gasteiger partial charge on any atom is -0.462 e. The number of carbonyl (C=O) groups excluding carboxylic acids is 4. The fourth-order valence-electron chi connectivity index (χ4n) is 11.1. The maximum Gasteiger partial charge on any atom is 0.472 e. The molecule has 0 saturated heterocycles. The molecule has 0 saturated carbocycles. The highest BCUT2D eigenvalue weighted by Gasteiger charge is 2.30. The molecule has 2 unspecified atom stereocenters. The van der Waals surface area contributed by atoms with Gasteiger partial charge in [-0.25, -0.2) is 9.13 Å². The molecule has 0 aliphatic heterocycles. The molecule has 0 heterocycles. The largest absolute Gasteiger partial charge is 0.472 e. The van der Waals surface area contributed by atoms with Gasteiger partial charge in [0, 0.05) is 25.7 Å². The summed E-state index contributed by atoms with van der Waals surface area (Å²) in [6.45, 7) is 11.8. The smallest absolute Gasteiger partial charge is 0.462 e. The lowest BCUT2D eigenvalue weighted by Crippen LogP contribution is -2.30. The molecule has 5 atom stereocenters. The van der Waals surface area contributed by atoms with Crippen molar-refractivity contribution < 1.29 is 80.2 Å². The lowest BCUT2D eigenvalue weighted by Gasteiger charge is -2.21. The quantitative estimate of drug-likeness (QED) is 0.0222. The Kier molecular flexibility index (Phi) is 62.4. The van der Waals surface area contributed by atoms with Gasteiger partial charge in [0.15, 0.2) is 12.2 Å². The van der Waals surface area contributed by atoms with Gasteiger partial charge in [0.05, 0.1) is 26.4 Å². The molecule has 0 aromatic carbocycles. The van der Waals surface area contributed by atoms with Crippen LogP contribution in [0.1, 0.15) is 370 Å². The van der Waals surface area contributed by atoms with Crippen LogP contribution < -0.4 is 0 Å². The molecule has 0 aliphatic carbocycles. The number of hydrogen-bond acceptors (Lipinski definition) is 15.